The summed E-state index contributed by atoms with van der Waals surface area (Å²) in [5.41, 5.74) is 6.37. The molecule has 0 saturated carbocycles. The van der Waals surface area contributed by atoms with Crippen LogP contribution in [0, 0.1) is 5.41 Å². The van der Waals surface area contributed by atoms with Crippen LogP contribution >= 0.6 is 0 Å². The third-order valence-corrected chi connectivity index (χ3v) is 4.88. The van der Waals surface area contributed by atoms with Crippen molar-refractivity contribution in [1.29, 1.82) is 0 Å². The van der Waals surface area contributed by atoms with Gasteiger partial charge in [0.1, 0.15) is 0 Å². The molecule has 0 aliphatic carbocycles. The van der Waals surface area contributed by atoms with Crippen molar-refractivity contribution in [2.75, 3.05) is 13.1 Å². The highest BCUT2D eigenvalue weighted by Gasteiger charge is 2.35. The van der Waals surface area contributed by atoms with Crippen LogP contribution in [-0.4, -0.2) is 30.1 Å². The SMILES string of the molecule is CCC1CCC(C)N1CC(CC)(CC)CN. The second-order valence-electron chi connectivity index (χ2n) is 5.57. The minimum atomic E-state index is 0.353. The molecule has 2 nitrogen and oxygen atoms in total. The number of rotatable bonds is 6. The Morgan fingerprint density at radius 1 is 1.19 bits per heavy atom. The van der Waals surface area contributed by atoms with Crippen molar-refractivity contribution >= 4 is 0 Å². The highest BCUT2D eigenvalue weighted by molar-refractivity contribution is 4.90. The minimum Gasteiger partial charge on any atom is -0.330 e. The predicted molar refractivity (Wildman–Crippen MR) is 71.6 cm³/mol. The Bertz CT molecular complexity index is 191. The van der Waals surface area contributed by atoms with E-state index >= 15 is 0 Å². The van der Waals surface area contributed by atoms with Gasteiger partial charge in [0.25, 0.3) is 0 Å². The van der Waals surface area contributed by atoms with Crippen molar-refractivity contribution in [1.82, 2.24) is 4.90 Å². The number of nitrogens with zero attached hydrogens (tertiary/aromatic N) is 1. The van der Waals surface area contributed by atoms with Gasteiger partial charge in [0.2, 0.25) is 0 Å². The first-order chi connectivity index (χ1) is 7.62. The van der Waals surface area contributed by atoms with E-state index in [0.717, 1.165) is 18.6 Å². The lowest BCUT2D eigenvalue weighted by Gasteiger charge is -2.39. The molecule has 2 unspecified atom stereocenters. The minimum absolute atomic E-state index is 0.353. The molecule has 0 aromatic heterocycles. The van der Waals surface area contributed by atoms with Crippen molar-refractivity contribution in [2.45, 2.75) is 71.9 Å². The average Bonchev–Trinajstić information content (AvgIpc) is 2.67. The van der Waals surface area contributed by atoms with Crippen molar-refractivity contribution in [2.24, 2.45) is 11.1 Å². The zero-order valence-electron chi connectivity index (χ0n) is 11.6. The molecule has 2 N–H and O–H groups in total. The van der Waals surface area contributed by atoms with Crippen molar-refractivity contribution < 1.29 is 0 Å². The Morgan fingerprint density at radius 3 is 2.25 bits per heavy atom. The number of hydrogen-bond donors (Lipinski definition) is 1. The molecule has 1 aliphatic heterocycles. The molecule has 1 heterocycles. The van der Waals surface area contributed by atoms with Crippen molar-refractivity contribution in [3.05, 3.63) is 0 Å². The molecule has 16 heavy (non-hydrogen) atoms. The van der Waals surface area contributed by atoms with Crippen LogP contribution in [0.2, 0.25) is 0 Å². The quantitative estimate of drug-likeness (QED) is 0.754. The predicted octanol–water partition coefficient (Wildman–Crippen LogP) is 3.01. The first-order valence-corrected chi connectivity index (χ1v) is 7.08. The summed E-state index contributed by atoms with van der Waals surface area (Å²) in [7, 11) is 0. The average molecular weight is 226 g/mol. The van der Waals surface area contributed by atoms with Crippen LogP contribution in [0.15, 0.2) is 0 Å². The summed E-state index contributed by atoms with van der Waals surface area (Å²) in [6.45, 7) is 11.3. The molecule has 0 amide bonds. The molecule has 0 spiro atoms. The molecule has 1 rings (SSSR count). The fourth-order valence-electron chi connectivity index (χ4n) is 3.06. The van der Waals surface area contributed by atoms with Crippen LogP contribution in [0.1, 0.15) is 59.8 Å². The fraction of sp³-hybridized carbons (Fsp3) is 1.00. The molecule has 0 radical (unpaired) electrons. The van der Waals surface area contributed by atoms with Crippen LogP contribution in [0.5, 0.6) is 0 Å². The first kappa shape index (κ1) is 14.0. The molecular weight excluding hydrogens is 196 g/mol. The maximum Gasteiger partial charge on any atom is 0.00962 e. The number of nitrogens with two attached hydrogens (primary N) is 1. The normalized spacial score (nSPS) is 27.6. The molecule has 1 saturated heterocycles. The van der Waals surface area contributed by atoms with Crippen LogP contribution in [0.25, 0.3) is 0 Å². The summed E-state index contributed by atoms with van der Waals surface area (Å²) in [6, 6.07) is 1.56. The zero-order chi connectivity index (χ0) is 12.2. The Labute approximate surface area is 102 Å². The second-order valence-corrected chi connectivity index (χ2v) is 5.57. The third-order valence-electron chi connectivity index (χ3n) is 4.88. The van der Waals surface area contributed by atoms with Gasteiger partial charge in [-0.1, -0.05) is 20.8 Å². The van der Waals surface area contributed by atoms with Gasteiger partial charge in [-0.05, 0) is 51.0 Å². The number of likely N-dealkylation sites (tertiary alicyclic amines) is 1. The van der Waals surface area contributed by atoms with Crippen molar-refractivity contribution in [3.8, 4) is 0 Å². The molecule has 0 aromatic carbocycles. The summed E-state index contributed by atoms with van der Waals surface area (Å²) in [6.07, 6.45) is 6.45. The van der Waals surface area contributed by atoms with Crippen LogP contribution in [0.3, 0.4) is 0 Å². The van der Waals surface area contributed by atoms with Gasteiger partial charge < -0.3 is 5.73 Å². The van der Waals surface area contributed by atoms with E-state index in [1.54, 1.807) is 0 Å². The Morgan fingerprint density at radius 2 is 1.81 bits per heavy atom. The summed E-state index contributed by atoms with van der Waals surface area (Å²) >= 11 is 0. The molecule has 96 valence electrons. The van der Waals surface area contributed by atoms with E-state index in [-0.39, 0.29) is 0 Å². The van der Waals surface area contributed by atoms with Gasteiger partial charge >= 0.3 is 0 Å². The van der Waals surface area contributed by atoms with E-state index < -0.39 is 0 Å². The van der Waals surface area contributed by atoms with E-state index in [1.807, 2.05) is 0 Å². The van der Waals surface area contributed by atoms with Gasteiger partial charge in [-0.2, -0.15) is 0 Å². The van der Waals surface area contributed by atoms with Gasteiger partial charge in [-0.25, -0.2) is 0 Å². The molecule has 0 bridgehead atoms. The lowest BCUT2D eigenvalue weighted by molar-refractivity contribution is 0.104. The van der Waals surface area contributed by atoms with Crippen LogP contribution in [0.4, 0.5) is 0 Å². The van der Waals surface area contributed by atoms with Crippen LogP contribution < -0.4 is 5.73 Å². The third kappa shape index (κ3) is 2.78. The van der Waals surface area contributed by atoms with E-state index in [9.17, 15) is 0 Å². The Balaban J connectivity index is 2.69. The fourth-order valence-corrected chi connectivity index (χ4v) is 3.06. The highest BCUT2D eigenvalue weighted by Crippen LogP contribution is 2.33. The highest BCUT2D eigenvalue weighted by atomic mass is 15.2. The summed E-state index contributed by atoms with van der Waals surface area (Å²) < 4.78 is 0. The molecule has 0 aromatic rings. The smallest absolute Gasteiger partial charge is 0.00962 e. The summed E-state index contributed by atoms with van der Waals surface area (Å²) in [4.78, 5) is 2.72. The lowest BCUT2D eigenvalue weighted by Crippen LogP contribution is -2.46. The second kappa shape index (κ2) is 6.02. The van der Waals surface area contributed by atoms with Crippen LogP contribution in [-0.2, 0) is 0 Å². The summed E-state index contributed by atoms with van der Waals surface area (Å²) in [5, 5.41) is 0. The molecule has 1 fully saturated rings. The molecular formula is C14H30N2. The van der Waals surface area contributed by atoms with Gasteiger partial charge in [0, 0.05) is 18.6 Å². The van der Waals surface area contributed by atoms with Gasteiger partial charge in [0.05, 0.1) is 0 Å². The first-order valence-electron chi connectivity index (χ1n) is 7.08. The van der Waals surface area contributed by atoms with Gasteiger partial charge in [0.15, 0.2) is 0 Å². The lowest BCUT2D eigenvalue weighted by atomic mass is 9.81. The number of hydrogen-bond acceptors (Lipinski definition) is 2. The Hall–Kier alpha value is -0.0800. The monoisotopic (exact) mass is 226 g/mol. The maximum atomic E-state index is 6.01. The maximum absolute atomic E-state index is 6.01. The van der Waals surface area contributed by atoms with Crippen molar-refractivity contribution in [3.63, 3.8) is 0 Å². The van der Waals surface area contributed by atoms with Gasteiger partial charge in [-0.15, -0.1) is 0 Å². The van der Waals surface area contributed by atoms with Gasteiger partial charge in [-0.3, -0.25) is 4.90 Å². The molecule has 1 aliphatic rings. The van der Waals surface area contributed by atoms with E-state index in [4.69, 9.17) is 5.73 Å². The topological polar surface area (TPSA) is 29.3 Å². The standard InChI is InChI=1S/C14H30N2/c1-5-13-9-8-12(4)16(13)11-14(6-2,7-3)10-15/h12-13H,5-11,15H2,1-4H3. The van der Waals surface area contributed by atoms with E-state index in [0.29, 0.717) is 5.41 Å². The Kier molecular flexibility index (Phi) is 5.26. The van der Waals surface area contributed by atoms with E-state index in [2.05, 4.69) is 32.6 Å². The zero-order valence-corrected chi connectivity index (χ0v) is 11.6. The molecule has 2 heteroatoms. The largest absolute Gasteiger partial charge is 0.330 e. The van der Waals surface area contributed by atoms with E-state index in [1.165, 1.54) is 38.6 Å². The molecule has 2 atom stereocenters. The summed E-state index contributed by atoms with van der Waals surface area (Å²) in [5.74, 6) is 0.